The Balaban J connectivity index is 1.60. The van der Waals surface area contributed by atoms with Crippen LogP contribution in [-0.2, 0) is 9.53 Å². The van der Waals surface area contributed by atoms with Crippen LogP contribution in [0.3, 0.4) is 0 Å². The second-order valence-electron chi connectivity index (χ2n) is 5.37. The average Bonchev–Trinajstić information content (AvgIpc) is 3.12. The van der Waals surface area contributed by atoms with Crippen molar-refractivity contribution in [2.75, 3.05) is 19.8 Å². The minimum Gasteiger partial charge on any atom is -0.467 e. The van der Waals surface area contributed by atoms with Crippen molar-refractivity contribution < 1.29 is 18.7 Å². The van der Waals surface area contributed by atoms with E-state index >= 15 is 0 Å². The number of hydrogen-bond donors (Lipinski definition) is 1. The van der Waals surface area contributed by atoms with Crippen molar-refractivity contribution in [2.24, 2.45) is 0 Å². The van der Waals surface area contributed by atoms with Crippen LogP contribution in [0.1, 0.15) is 24.2 Å². The quantitative estimate of drug-likeness (QED) is 0.901. The van der Waals surface area contributed by atoms with Crippen molar-refractivity contribution in [3.05, 3.63) is 17.7 Å². The predicted octanol–water partition coefficient (Wildman–Crippen LogP) is 1.51. The first-order chi connectivity index (χ1) is 10.6. The first-order valence-electron chi connectivity index (χ1n) is 7.37. The molecule has 0 aliphatic carbocycles. The maximum Gasteiger partial charge on any atom is 0.258 e. The Labute approximate surface area is 128 Å². The Morgan fingerprint density at radius 1 is 1.45 bits per heavy atom. The third kappa shape index (κ3) is 3.04. The number of carbonyl (C=O) groups excluding carboxylic acids is 1. The van der Waals surface area contributed by atoms with Gasteiger partial charge in [-0.05, 0) is 26.7 Å². The molecule has 1 N–H and O–H groups in total. The highest BCUT2D eigenvalue weighted by Crippen LogP contribution is 2.29. The highest BCUT2D eigenvalue weighted by molar-refractivity contribution is 5.84. The van der Waals surface area contributed by atoms with Crippen LogP contribution in [0.4, 0.5) is 0 Å². The van der Waals surface area contributed by atoms with Gasteiger partial charge in [0.15, 0.2) is 6.61 Å². The molecule has 0 spiro atoms. The normalized spacial score (nSPS) is 17.8. The van der Waals surface area contributed by atoms with Crippen molar-refractivity contribution in [3.63, 3.8) is 0 Å². The summed E-state index contributed by atoms with van der Waals surface area (Å²) >= 11 is 0. The van der Waals surface area contributed by atoms with Crippen molar-refractivity contribution in [2.45, 2.75) is 32.8 Å². The van der Waals surface area contributed by atoms with E-state index in [4.69, 9.17) is 13.9 Å². The summed E-state index contributed by atoms with van der Waals surface area (Å²) in [4.78, 5) is 20.0. The fourth-order valence-corrected chi connectivity index (χ4v) is 2.48. The van der Waals surface area contributed by atoms with Gasteiger partial charge in [0.05, 0.1) is 6.10 Å². The largest absolute Gasteiger partial charge is 0.467 e. The van der Waals surface area contributed by atoms with Gasteiger partial charge in [0.1, 0.15) is 17.5 Å². The van der Waals surface area contributed by atoms with E-state index in [0.717, 1.165) is 30.8 Å². The number of furan rings is 1. The van der Waals surface area contributed by atoms with Crippen molar-refractivity contribution >= 4 is 17.0 Å². The molecule has 1 fully saturated rings. The molecule has 2 aromatic heterocycles. The van der Waals surface area contributed by atoms with Gasteiger partial charge in [-0.15, -0.1) is 0 Å². The number of aryl methyl sites for hydroxylation is 2. The Morgan fingerprint density at radius 3 is 3.09 bits per heavy atom. The fourth-order valence-electron chi connectivity index (χ4n) is 2.48. The molecule has 0 bridgehead atoms. The molecule has 3 rings (SSSR count). The van der Waals surface area contributed by atoms with Crippen LogP contribution in [-0.4, -0.2) is 41.7 Å². The molecule has 1 aliphatic rings. The SMILES string of the molecule is Cc1oc2ncnc(OCC(=O)NC[C@H]3CCCO3)c2c1C. The van der Waals surface area contributed by atoms with Crippen molar-refractivity contribution in [3.8, 4) is 5.88 Å². The van der Waals surface area contributed by atoms with E-state index in [-0.39, 0.29) is 18.6 Å². The highest BCUT2D eigenvalue weighted by Gasteiger charge is 2.18. The lowest BCUT2D eigenvalue weighted by molar-refractivity contribution is -0.123. The molecular formula is C15H19N3O4. The van der Waals surface area contributed by atoms with E-state index < -0.39 is 0 Å². The highest BCUT2D eigenvalue weighted by atomic mass is 16.5. The third-order valence-corrected chi connectivity index (χ3v) is 3.82. The second-order valence-corrected chi connectivity index (χ2v) is 5.37. The molecule has 0 aromatic carbocycles. The zero-order valence-electron chi connectivity index (χ0n) is 12.7. The minimum absolute atomic E-state index is 0.0947. The summed E-state index contributed by atoms with van der Waals surface area (Å²) in [6.45, 7) is 4.97. The van der Waals surface area contributed by atoms with E-state index in [0.29, 0.717) is 23.5 Å². The summed E-state index contributed by atoms with van der Waals surface area (Å²) < 4.78 is 16.5. The molecule has 0 radical (unpaired) electrons. The lowest BCUT2D eigenvalue weighted by Crippen LogP contribution is -2.35. The monoisotopic (exact) mass is 305 g/mol. The Hall–Kier alpha value is -2.15. The molecule has 118 valence electrons. The average molecular weight is 305 g/mol. The Bertz CT molecular complexity index is 677. The predicted molar refractivity (Wildman–Crippen MR) is 78.8 cm³/mol. The Kier molecular flexibility index (Phi) is 4.24. The first kappa shape index (κ1) is 14.8. The van der Waals surface area contributed by atoms with E-state index in [1.54, 1.807) is 0 Å². The molecule has 22 heavy (non-hydrogen) atoms. The number of rotatable bonds is 5. The van der Waals surface area contributed by atoms with Crippen LogP contribution in [0.2, 0.25) is 0 Å². The molecular weight excluding hydrogens is 286 g/mol. The lowest BCUT2D eigenvalue weighted by Gasteiger charge is -2.11. The number of carbonyl (C=O) groups is 1. The van der Waals surface area contributed by atoms with Crippen LogP contribution in [0.25, 0.3) is 11.1 Å². The number of ether oxygens (including phenoxy) is 2. The zero-order valence-corrected chi connectivity index (χ0v) is 12.7. The smallest absolute Gasteiger partial charge is 0.258 e. The van der Waals surface area contributed by atoms with Gasteiger partial charge in [-0.2, -0.15) is 0 Å². The summed E-state index contributed by atoms with van der Waals surface area (Å²) in [7, 11) is 0. The molecule has 7 heteroatoms. The van der Waals surface area contributed by atoms with E-state index in [2.05, 4.69) is 15.3 Å². The van der Waals surface area contributed by atoms with Crippen LogP contribution in [0.15, 0.2) is 10.7 Å². The van der Waals surface area contributed by atoms with Gasteiger partial charge in [-0.1, -0.05) is 0 Å². The molecule has 7 nitrogen and oxygen atoms in total. The maximum atomic E-state index is 11.8. The number of nitrogens with zero attached hydrogens (tertiary/aromatic N) is 2. The molecule has 0 saturated carbocycles. The van der Waals surface area contributed by atoms with Gasteiger partial charge in [0, 0.05) is 18.7 Å². The van der Waals surface area contributed by atoms with Gasteiger partial charge in [-0.25, -0.2) is 9.97 Å². The summed E-state index contributed by atoms with van der Waals surface area (Å²) in [6, 6.07) is 0. The van der Waals surface area contributed by atoms with Crippen LogP contribution in [0.5, 0.6) is 5.88 Å². The van der Waals surface area contributed by atoms with E-state index in [1.807, 2.05) is 13.8 Å². The number of aromatic nitrogens is 2. The lowest BCUT2D eigenvalue weighted by atomic mass is 10.2. The van der Waals surface area contributed by atoms with Crippen molar-refractivity contribution in [1.82, 2.24) is 15.3 Å². The molecule has 0 unspecified atom stereocenters. The van der Waals surface area contributed by atoms with Gasteiger partial charge >= 0.3 is 0 Å². The van der Waals surface area contributed by atoms with E-state index in [1.165, 1.54) is 6.33 Å². The van der Waals surface area contributed by atoms with E-state index in [9.17, 15) is 4.79 Å². The summed E-state index contributed by atoms with van der Waals surface area (Å²) in [5, 5.41) is 3.52. The molecule has 1 saturated heterocycles. The number of hydrogen-bond acceptors (Lipinski definition) is 6. The summed E-state index contributed by atoms with van der Waals surface area (Å²) in [5.74, 6) is 0.940. The Morgan fingerprint density at radius 2 is 2.32 bits per heavy atom. The van der Waals surface area contributed by atoms with Crippen LogP contribution < -0.4 is 10.1 Å². The zero-order chi connectivity index (χ0) is 15.5. The van der Waals surface area contributed by atoms with Gasteiger partial charge < -0.3 is 19.2 Å². The van der Waals surface area contributed by atoms with Crippen LogP contribution >= 0.6 is 0 Å². The number of fused-ring (bicyclic) bond motifs is 1. The van der Waals surface area contributed by atoms with Crippen molar-refractivity contribution in [1.29, 1.82) is 0 Å². The maximum absolute atomic E-state index is 11.8. The standard InChI is InChI=1S/C15H19N3O4/c1-9-10(2)22-15-13(9)14(17-8-18-15)21-7-12(19)16-6-11-4-3-5-20-11/h8,11H,3-7H2,1-2H3,(H,16,19)/t11-/m1/s1. The fraction of sp³-hybridized carbons (Fsp3) is 0.533. The molecule has 1 aliphatic heterocycles. The second kappa shape index (κ2) is 6.31. The molecule has 1 amide bonds. The number of nitrogens with one attached hydrogen (secondary N) is 1. The molecule has 2 aromatic rings. The summed E-state index contributed by atoms with van der Waals surface area (Å²) in [5.41, 5.74) is 1.39. The first-order valence-corrected chi connectivity index (χ1v) is 7.37. The molecule has 1 atom stereocenters. The topological polar surface area (TPSA) is 86.5 Å². The molecule has 3 heterocycles. The minimum atomic E-state index is -0.194. The van der Waals surface area contributed by atoms with Gasteiger partial charge in [0.2, 0.25) is 11.6 Å². The third-order valence-electron chi connectivity index (χ3n) is 3.82. The van der Waals surface area contributed by atoms with Crippen LogP contribution in [0, 0.1) is 13.8 Å². The summed E-state index contributed by atoms with van der Waals surface area (Å²) in [6.07, 6.45) is 3.52. The van der Waals surface area contributed by atoms with Gasteiger partial charge in [-0.3, -0.25) is 4.79 Å². The number of amides is 1. The van der Waals surface area contributed by atoms with Gasteiger partial charge in [0.25, 0.3) is 5.91 Å².